The van der Waals surface area contributed by atoms with Crippen LogP contribution in [0.25, 0.3) is 10.2 Å². The van der Waals surface area contributed by atoms with E-state index in [4.69, 9.17) is 4.98 Å². The van der Waals surface area contributed by atoms with Gasteiger partial charge in [-0.3, -0.25) is 9.69 Å². The van der Waals surface area contributed by atoms with Gasteiger partial charge in [0.1, 0.15) is 0 Å². The largest absolute Gasteiger partial charge is 0.308 e. The summed E-state index contributed by atoms with van der Waals surface area (Å²) in [5.41, 5.74) is 3.97. The van der Waals surface area contributed by atoms with Gasteiger partial charge in [-0.05, 0) is 75.7 Å². The molecule has 2 aromatic carbocycles. The first kappa shape index (κ1) is 19.9. The molecule has 4 nitrogen and oxygen atoms in total. The lowest BCUT2D eigenvalue weighted by atomic mass is 10.1. The second kappa shape index (κ2) is 8.42. The molecule has 0 unspecified atom stereocenters. The van der Waals surface area contributed by atoms with Crippen molar-refractivity contribution in [3.8, 4) is 0 Å². The Morgan fingerprint density at radius 1 is 1.07 bits per heavy atom. The molecule has 1 heterocycles. The molecule has 0 radical (unpaired) electrons. The molecule has 0 spiro atoms. The van der Waals surface area contributed by atoms with Gasteiger partial charge in [-0.2, -0.15) is 0 Å². The van der Waals surface area contributed by atoms with E-state index in [-0.39, 0.29) is 5.91 Å². The third-order valence-electron chi connectivity index (χ3n) is 4.59. The predicted octanol–water partition coefficient (Wildman–Crippen LogP) is 4.84. The molecule has 0 saturated heterocycles. The van der Waals surface area contributed by atoms with Crippen molar-refractivity contribution >= 4 is 44.4 Å². The van der Waals surface area contributed by atoms with Crippen molar-refractivity contribution in [3.05, 3.63) is 53.1 Å². The minimum atomic E-state index is 0.00379. The highest BCUT2D eigenvalue weighted by Crippen LogP contribution is 2.32. The van der Waals surface area contributed by atoms with Crippen LogP contribution < -0.4 is 4.90 Å². The number of hydrogen-bond donors (Lipinski definition) is 0. The average Bonchev–Trinajstić information content (AvgIpc) is 3.06. The molecule has 1 amide bonds. The van der Waals surface area contributed by atoms with E-state index in [1.165, 1.54) is 10.5 Å². The summed E-state index contributed by atoms with van der Waals surface area (Å²) in [5.74, 6) is 0.00379. The van der Waals surface area contributed by atoms with E-state index in [1.807, 2.05) is 50.2 Å². The van der Waals surface area contributed by atoms with E-state index in [2.05, 4.69) is 30.2 Å². The van der Waals surface area contributed by atoms with Gasteiger partial charge in [0.15, 0.2) is 5.13 Å². The van der Waals surface area contributed by atoms with E-state index in [1.54, 1.807) is 23.1 Å². The molecule has 27 heavy (non-hydrogen) atoms. The van der Waals surface area contributed by atoms with Gasteiger partial charge in [-0.1, -0.05) is 17.4 Å². The summed E-state index contributed by atoms with van der Waals surface area (Å²) in [6.45, 7) is 5.48. The van der Waals surface area contributed by atoms with Crippen LogP contribution in [-0.4, -0.2) is 49.2 Å². The number of fused-ring (bicyclic) bond motifs is 1. The number of rotatable bonds is 6. The summed E-state index contributed by atoms with van der Waals surface area (Å²) in [5, 5.41) is 0.758. The number of carbonyl (C=O) groups is 1. The highest BCUT2D eigenvalue weighted by atomic mass is 32.2. The van der Waals surface area contributed by atoms with Crippen molar-refractivity contribution in [1.29, 1.82) is 0 Å². The molecule has 0 aliphatic heterocycles. The van der Waals surface area contributed by atoms with Crippen molar-refractivity contribution in [3.63, 3.8) is 0 Å². The van der Waals surface area contributed by atoms with Crippen LogP contribution in [0.3, 0.4) is 0 Å². The maximum Gasteiger partial charge on any atom is 0.260 e. The Morgan fingerprint density at radius 2 is 1.85 bits per heavy atom. The minimum absolute atomic E-state index is 0.00379. The van der Waals surface area contributed by atoms with Gasteiger partial charge in [-0.15, -0.1) is 11.8 Å². The van der Waals surface area contributed by atoms with Crippen LogP contribution in [0.2, 0.25) is 0 Å². The number of carbonyl (C=O) groups excluding carboxylic acids is 1. The van der Waals surface area contributed by atoms with Crippen LogP contribution in [0, 0.1) is 13.8 Å². The molecule has 0 fully saturated rings. The Balaban J connectivity index is 1.99. The maximum atomic E-state index is 13.3. The summed E-state index contributed by atoms with van der Waals surface area (Å²) < 4.78 is 1.11. The number of aryl methyl sites for hydroxylation is 2. The van der Waals surface area contributed by atoms with Gasteiger partial charge in [0.2, 0.25) is 0 Å². The number of thioether (sulfide) groups is 1. The molecule has 0 N–H and O–H groups in total. The summed E-state index contributed by atoms with van der Waals surface area (Å²) in [7, 11) is 4.03. The van der Waals surface area contributed by atoms with E-state index in [9.17, 15) is 4.79 Å². The van der Waals surface area contributed by atoms with Gasteiger partial charge in [0.25, 0.3) is 5.91 Å². The van der Waals surface area contributed by atoms with Crippen LogP contribution in [0.4, 0.5) is 5.13 Å². The Labute approximate surface area is 169 Å². The van der Waals surface area contributed by atoms with Crippen LogP contribution in [-0.2, 0) is 0 Å². The highest BCUT2D eigenvalue weighted by molar-refractivity contribution is 7.98. The van der Waals surface area contributed by atoms with Gasteiger partial charge in [0.05, 0.1) is 10.2 Å². The Morgan fingerprint density at radius 3 is 2.52 bits per heavy atom. The summed E-state index contributed by atoms with van der Waals surface area (Å²) in [6.07, 6.45) is 2.07. The zero-order valence-electron chi connectivity index (χ0n) is 16.4. The molecule has 0 aliphatic carbocycles. The zero-order valence-corrected chi connectivity index (χ0v) is 18.1. The van der Waals surface area contributed by atoms with Crippen LogP contribution in [0.15, 0.2) is 41.3 Å². The highest BCUT2D eigenvalue weighted by Gasteiger charge is 2.22. The lowest BCUT2D eigenvalue weighted by Gasteiger charge is -2.22. The van der Waals surface area contributed by atoms with Crippen molar-refractivity contribution in [2.45, 2.75) is 18.7 Å². The fourth-order valence-electron chi connectivity index (χ4n) is 2.75. The van der Waals surface area contributed by atoms with Crippen LogP contribution >= 0.6 is 23.1 Å². The van der Waals surface area contributed by atoms with Crippen LogP contribution in [0.1, 0.15) is 21.5 Å². The first-order chi connectivity index (χ1) is 12.9. The molecular formula is C21H25N3OS2. The molecule has 0 saturated carbocycles. The SMILES string of the molecule is CSc1ccc2nc(N(CCN(C)C)C(=O)c3ccc(C)c(C)c3)sc2c1. The first-order valence-corrected chi connectivity index (χ1v) is 10.9. The molecule has 142 valence electrons. The van der Waals surface area contributed by atoms with E-state index < -0.39 is 0 Å². The quantitative estimate of drug-likeness (QED) is 0.556. The molecule has 3 rings (SSSR count). The van der Waals surface area contributed by atoms with E-state index in [0.717, 1.165) is 27.5 Å². The van der Waals surface area contributed by atoms with E-state index in [0.29, 0.717) is 12.1 Å². The monoisotopic (exact) mass is 399 g/mol. The van der Waals surface area contributed by atoms with Crippen LogP contribution in [0.5, 0.6) is 0 Å². The molecule has 0 aliphatic rings. The summed E-state index contributed by atoms with van der Waals surface area (Å²) in [4.78, 5) is 23.1. The Kier molecular flexibility index (Phi) is 6.19. The number of hydrogen-bond acceptors (Lipinski definition) is 5. The smallest absolute Gasteiger partial charge is 0.260 e. The second-order valence-corrected chi connectivity index (χ2v) is 8.78. The molecule has 0 bridgehead atoms. The Bertz CT molecular complexity index is 965. The third kappa shape index (κ3) is 4.51. The molecule has 3 aromatic rings. The number of amides is 1. The normalized spacial score (nSPS) is 11.3. The van der Waals surface area contributed by atoms with Crippen molar-refractivity contribution in [2.75, 3.05) is 38.3 Å². The number of nitrogens with zero attached hydrogens (tertiary/aromatic N) is 3. The lowest BCUT2D eigenvalue weighted by Crippen LogP contribution is -2.36. The number of benzene rings is 2. The van der Waals surface area contributed by atoms with Crippen molar-refractivity contribution in [2.24, 2.45) is 0 Å². The second-order valence-electron chi connectivity index (χ2n) is 6.89. The van der Waals surface area contributed by atoms with Gasteiger partial charge in [-0.25, -0.2) is 4.98 Å². The summed E-state index contributed by atoms with van der Waals surface area (Å²) >= 11 is 3.29. The van der Waals surface area contributed by atoms with Gasteiger partial charge >= 0.3 is 0 Å². The minimum Gasteiger partial charge on any atom is -0.308 e. The molecular weight excluding hydrogens is 374 g/mol. The standard InChI is InChI=1S/C21H25N3OS2/c1-14-6-7-16(12-15(14)2)20(25)24(11-10-23(3)4)21-22-18-9-8-17(26-5)13-19(18)27-21/h6-9,12-13H,10-11H2,1-5H3. The van der Waals surface area contributed by atoms with E-state index >= 15 is 0 Å². The summed E-state index contributed by atoms with van der Waals surface area (Å²) in [6, 6.07) is 12.1. The topological polar surface area (TPSA) is 36.4 Å². The maximum absolute atomic E-state index is 13.3. The van der Waals surface area contributed by atoms with Crippen molar-refractivity contribution in [1.82, 2.24) is 9.88 Å². The van der Waals surface area contributed by atoms with Gasteiger partial charge < -0.3 is 4.90 Å². The lowest BCUT2D eigenvalue weighted by molar-refractivity contribution is 0.0985. The number of likely N-dealkylation sites (N-methyl/N-ethyl adjacent to an activating group) is 1. The molecule has 6 heteroatoms. The van der Waals surface area contributed by atoms with Crippen molar-refractivity contribution < 1.29 is 4.79 Å². The fourth-order valence-corrected chi connectivity index (χ4v) is 4.29. The predicted molar refractivity (Wildman–Crippen MR) is 118 cm³/mol. The molecule has 1 aromatic heterocycles. The number of aromatic nitrogens is 1. The zero-order chi connectivity index (χ0) is 19.6. The fraction of sp³-hybridized carbons (Fsp3) is 0.333. The van der Waals surface area contributed by atoms with Gasteiger partial charge in [0, 0.05) is 23.5 Å². The number of thiazole rings is 1. The first-order valence-electron chi connectivity index (χ1n) is 8.87. The average molecular weight is 400 g/mol. The molecule has 0 atom stereocenters. The third-order valence-corrected chi connectivity index (χ3v) is 6.35. The number of anilines is 1. The Hall–Kier alpha value is -1.89.